The zero-order valence-corrected chi connectivity index (χ0v) is 12.4. The number of aromatic nitrogens is 2. The van der Waals surface area contributed by atoms with Crippen molar-refractivity contribution in [2.24, 2.45) is 0 Å². The van der Waals surface area contributed by atoms with E-state index in [2.05, 4.69) is 9.97 Å². The number of hydrogen-bond donors (Lipinski definition) is 1. The second kappa shape index (κ2) is 8.76. The summed E-state index contributed by atoms with van der Waals surface area (Å²) in [6.07, 6.45) is 2.27. The highest BCUT2D eigenvalue weighted by atomic mass is 16.6. The third kappa shape index (κ3) is 6.24. The molecule has 1 aliphatic carbocycles. The number of nitrogen functional groups attached to an aromatic ring is 1. The molecule has 0 aliphatic heterocycles. The minimum Gasteiger partial charge on any atom is -0.475 e. The van der Waals surface area contributed by atoms with Crippen LogP contribution in [0, 0.1) is 0 Å². The van der Waals surface area contributed by atoms with Crippen molar-refractivity contribution in [3.63, 3.8) is 0 Å². The van der Waals surface area contributed by atoms with E-state index >= 15 is 0 Å². The molecule has 2 rings (SSSR count). The molecule has 0 spiro atoms. The monoisotopic (exact) mass is 297 g/mol. The lowest BCUT2D eigenvalue weighted by atomic mass is 10.4. The van der Waals surface area contributed by atoms with Crippen molar-refractivity contribution in [2.45, 2.75) is 18.8 Å². The van der Waals surface area contributed by atoms with Crippen LogP contribution in [0.15, 0.2) is 6.07 Å². The Kier molecular flexibility index (Phi) is 6.65. The Morgan fingerprint density at radius 3 is 2.38 bits per heavy atom. The van der Waals surface area contributed by atoms with E-state index in [9.17, 15) is 0 Å². The van der Waals surface area contributed by atoms with E-state index in [4.69, 9.17) is 24.7 Å². The van der Waals surface area contributed by atoms with E-state index in [1.807, 2.05) is 0 Å². The summed E-state index contributed by atoms with van der Waals surface area (Å²) in [5, 5.41) is 0. The van der Waals surface area contributed by atoms with Gasteiger partial charge in [-0.2, -0.15) is 4.98 Å². The number of rotatable bonds is 11. The molecular formula is C14H23N3O4. The van der Waals surface area contributed by atoms with Crippen LogP contribution in [-0.4, -0.2) is 56.7 Å². The zero-order chi connectivity index (χ0) is 14.9. The summed E-state index contributed by atoms with van der Waals surface area (Å²) in [5.74, 6) is 2.22. The fourth-order valence-electron chi connectivity index (χ4n) is 1.73. The maximum Gasteiger partial charge on any atom is 0.218 e. The molecule has 1 aliphatic rings. The Labute approximate surface area is 124 Å². The van der Waals surface area contributed by atoms with Gasteiger partial charge in [0.15, 0.2) is 0 Å². The molecular weight excluding hydrogens is 274 g/mol. The molecule has 0 aromatic carbocycles. The van der Waals surface area contributed by atoms with Gasteiger partial charge in [-0.3, -0.25) is 0 Å². The van der Waals surface area contributed by atoms with Crippen LogP contribution in [-0.2, 0) is 14.2 Å². The van der Waals surface area contributed by atoms with Gasteiger partial charge in [0, 0.05) is 19.1 Å². The van der Waals surface area contributed by atoms with E-state index in [0.29, 0.717) is 57.3 Å². The Morgan fingerprint density at radius 1 is 1.05 bits per heavy atom. The SMILES string of the molecule is COCCOCCOCCOc1cc(N)nc(C2CC2)n1. The summed E-state index contributed by atoms with van der Waals surface area (Å²) in [7, 11) is 1.64. The second-order valence-electron chi connectivity index (χ2n) is 4.83. The lowest BCUT2D eigenvalue weighted by Gasteiger charge is -2.08. The fraction of sp³-hybridized carbons (Fsp3) is 0.714. The Hall–Kier alpha value is -1.44. The maximum absolute atomic E-state index is 5.75. The summed E-state index contributed by atoms with van der Waals surface area (Å²) in [4.78, 5) is 8.57. The maximum atomic E-state index is 5.75. The molecule has 7 heteroatoms. The first-order chi connectivity index (χ1) is 10.3. The fourth-order valence-corrected chi connectivity index (χ4v) is 1.73. The Balaban J connectivity index is 1.56. The molecule has 21 heavy (non-hydrogen) atoms. The molecule has 1 aromatic heterocycles. The van der Waals surface area contributed by atoms with Gasteiger partial charge in [0.05, 0.1) is 33.0 Å². The van der Waals surface area contributed by atoms with E-state index in [-0.39, 0.29) is 0 Å². The summed E-state index contributed by atoms with van der Waals surface area (Å²) < 4.78 is 21.1. The van der Waals surface area contributed by atoms with Crippen LogP contribution in [0.2, 0.25) is 0 Å². The topological polar surface area (TPSA) is 88.7 Å². The molecule has 1 saturated carbocycles. The predicted molar refractivity (Wildman–Crippen MR) is 77.4 cm³/mol. The van der Waals surface area contributed by atoms with Crippen LogP contribution >= 0.6 is 0 Å². The molecule has 0 atom stereocenters. The molecule has 0 unspecified atom stereocenters. The minimum atomic E-state index is 0.429. The van der Waals surface area contributed by atoms with Crippen molar-refractivity contribution in [1.82, 2.24) is 9.97 Å². The predicted octanol–water partition coefficient (Wildman–Crippen LogP) is 0.995. The molecule has 1 aromatic rings. The number of nitrogens with zero attached hydrogens (tertiary/aromatic N) is 2. The summed E-state index contributed by atoms with van der Waals surface area (Å²) in [5.41, 5.74) is 5.75. The van der Waals surface area contributed by atoms with Gasteiger partial charge in [0.25, 0.3) is 0 Å². The molecule has 0 saturated heterocycles. The van der Waals surface area contributed by atoms with Gasteiger partial charge in [0.1, 0.15) is 18.2 Å². The van der Waals surface area contributed by atoms with Crippen LogP contribution in [0.3, 0.4) is 0 Å². The molecule has 0 radical (unpaired) electrons. The Morgan fingerprint density at radius 2 is 1.71 bits per heavy atom. The van der Waals surface area contributed by atoms with Gasteiger partial charge in [-0.1, -0.05) is 0 Å². The van der Waals surface area contributed by atoms with Crippen LogP contribution in [0.4, 0.5) is 5.82 Å². The lowest BCUT2D eigenvalue weighted by molar-refractivity contribution is 0.0176. The molecule has 2 N–H and O–H groups in total. The van der Waals surface area contributed by atoms with Gasteiger partial charge in [-0.05, 0) is 12.8 Å². The largest absolute Gasteiger partial charge is 0.475 e. The van der Waals surface area contributed by atoms with Gasteiger partial charge >= 0.3 is 0 Å². The third-order valence-electron chi connectivity index (χ3n) is 2.96. The molecule has 118 valence electrons. The third-order valence-corrected chi connectivity index (χ3v) is 2.96. The zero-order valence-electron chi connectivity index (χ0n) is 12.4. The number of nitrogens with two attached hydrogens (primary N) is 1. The van der Waals surface area contributed by atoms with Crippen molar-refractivity contribution < 1.29 is 18.9 Å². The minimum absolute atomic E-state index is 0.429. The van der Waals surface area contributed by atoms with Crippen LogP contribution in [0.5, 0.6) is 5.88 Å². The standard InChI is InChI=1S/C14H23N3O4/c1-18-4-5-19-6-7-20-8-9-21-13-10-12(15)16-14(17-13)11-2-3-11/h10-11H,2-9H2,1H3,(H2,15,16,17). The molecule has 7 nitrogen and oxygen atoms in total. The smallest absolute Gasteiger partial charge is 0.218 e. The van der Waals surface area contributed by atoms with Crippen LogP contribution in [0.25, 0.3) is 0 Å². The van der Waals surface area contributed by atoms with Gasteiger partial charge in [0.2, 0.25) is 5.88 Å². The van der Waals surface area contributed by atoms with E-state index in [0.717, 1.165) is 18.7 Å². The highest BCUT2D eigenvalue weighted by Gasteiger charge is 2.27. The highest BCUT2D eigenvalue weighted by molar-refractivity contribution is 5.34. The van der Waals surface area contributed by atoms with Gasteiger partial charge in [-0.15, -0.1) is 0 Å². The number of methoxy groups -OCH3 is 1. The van der Waals surface area contributed by atoms with E-state index in [1.165, 1.54) is 0 Å². The summed E-state index contributed by atoms with van der Waals surface area (Å²) in [6, 6.07) is 1.64. The van der Waals surface area contributed by atoms with Crippen molar-refractivity contribution in [1.29, 1.82) is 0 Å². The first-order valence-corrected chi connectivity index (χ1v) is 7.21. The molecule has 1 heterocycles. The van der Waals surface area contributed by atoms with Crippen molar-refractivity contribution in [3.05, 3.63) is 11.9 Å². The summed E-state index contributed by atoms with van der Waals surface area (Å²) >= 11 is 0. The van der Waals surface area contributed by atoms with Crippen LogP contribution < -0.4 is 10.5 Å². The molecule has 0 bridgehead atoms. The lowest BCUT2D eigenvalue weighted by Crippen LogP contribution is -2.13. The van der Waals surface area contributed by atoms with Crippen molar-refractivity contribution in [3.8, 4) is 5.88 Å². The number of ether oxygens (including phenoxy) is 4. The highest BCUT2D eigenvalue weighted by Crippen LogP contribution is 2.38. The van der Waals surface area contributed by atoms with Crippen molar-refractivity contribution >= 4 is 5.82 Å². The van der Waals surface area contributed by atoms with E-state index < -0.39 is 0 Å². The first-order valence-electron chi connectivity index (χ1n) is 7.21. The van der Waals surface area contributed by atoms with Gasteiger partial charge < -0.3 is 24.7 Å². The average molecular weight is 297 g/mol. The van der Waals surface area contributed by atoms with Gasteiger partial charge in [-0.25, -0.2) is 4.98 Å². The average Bonchev–Trinajstić information content (AvgIpc) is 3.29. The quantitative estimate of drug-likeness (QED) is 0.609. The molecule has 0 amide bonds. The van der Waals surface area contributed by atoms with Crippen molar-refractivity contribution in [2.75, 3.05) is 52.5 Å². The number of anilines is 1. The Bertz CT molecular complexity index is 427. The summed E-state index contributed by atoms with van der Waals surface area (Å²) in [6.45, 7) is 3.18. The second-order valence-corrected chi connectivity index (χ2v) is 4.83. The first kappa shape index (κ1) is 15.9. The molecule has 1 fully saturated rings. The normalized spacial score (nSPS) is 14.3. The van der Waals surface area contributed by atoms with Crippen LogP contribution in [0.1, 0.15) is 24.6 Å². The number of hydrogen-bond acceptors (Lipinski definition) is 7. The van der Waals surface area contributed by atoms with E-state index in [1.54, 1.807) is 13.2 Å².